The van der Waals surface area contributed by atoms with Crippen LogP contribution in [0.5, 0.6) is 5.75 Å². The second kappa shape index (κ2) is 10.1. The van der Waals surface area contributed by atoms with Gasteiger partial charge in [-0.3, -0.25) is 9.78 Å². The second-order valence-electron chi connectivity index (χ2n) is 9.26. The van der Waals surface area contributed by atoms with E-state index in [-0.39, 0.29) is 11.0 Å². The first-order valence-electron chi connectivity index (χ1n) is 12.4. The highest BCUT2D eigenvalue weighted by Gasteiger charge is 2.19. The molecule has 0 radical (unpaired) electrons. The van der Waals surface area contributed by atoms with Crippen LogP contribution >= 0.6 is 0 Å². The van der Waals surface area contributed by atoms with E-state index in [4.69, 9.17) is 4.74 Å². The smallest absolute Gasteiger partial charge is 0.334 e. The Morgan fingerprint density at radius 2 is 1.89 bits per heavy atom. The van der Waals surface area contributed by atoms with E-state index in [0.717, 1.165) is 47.6 Å². The van der Waals surface area contributed by atoms with Crippen molar-refractivity contribution < 1.29 is 4.74 Å². The molecule has 37 heavy (non-hydrogen) atoms. The summed E-state index contributed by atoms with van der Waals surface area (Å²) < 4.78 is 6.55. The molecular weight excluding hydrogens is 470 g/mol. The quantitative estimate of drug-likeness (QED) is 0.415. The normalized spacial score (nSPS) is 14.2. The molecule has 4 aromatic rings. The SMILES string of the molecule is CCc1cccc(OC)c1-n1c(=O)[nH]c2nc(Nc3ccc(N4CCN(C)CC4)c(C)c3)ncc2c1=O. The average Bonchev–Trinajstić information content (AvgIpc) is 2.89. The van der Waals surface area contributed by atoms with Gasteiger partial charge in [0.05, 0.1) is 12.8 Å². The van der Waals surface area contributed by atoms with Crippen LogP contribution in [0.1, 0.15) is 18.1 Å². The fraction of sp³-hybridized carbons (Fsp3) is 0.333. The number of para-hydroxylation sites is 1. The Labute approximate surface area is 214 Å². The van der Waals surface area contributed by atoms with E-state index in [9.17, 15) is 9.59 Å². The number of rotatable bonds is 6. The first-order valence-corrected chi connectivity index (χ1v) is 12.4. The summed E-state index contributed by atoms with van der Waals surface area (Å²) in [7, 11) is 3.66. The maximum atomic E-state index is 13.4. The van der Waals surface area contributed by atoms with Crippen molar-refractivity contribution in [2.24, 2.45) is 0 Å². The summed E-state index contributed by atoms with van der Waals surface area (Å²) in [6.45, 7) is 8.12. The molecule has 10 nitrogen and oxygen atoms in total. The van der Waals surface area contributed by atoms with Crippen LogP contribution in [0.3, 0.4) is 0 Å². The second-order valence-corrected chi connectivity index (χ2v) is 9.26. The number of aryl methyl sites for hydroxylation is 2. The molecule has 2 N–H and O–H groups in total. The highest BCUT2D eigenvalue weighted by atomic mass is 16.5. The van der Waals surface area contributed by atoms with E-state index in [1.807, 2.05) is 25.1 Å². The number of likely N-dealkylation sites (N-methyl/N-ethyl adjacent to an activating group) is 1. The van der Waals surface area contributed by atoms with Crippen molar-refractivity contribution in [3.63, 3.8) is 0 Å². The van der Waals surface area contributed by atoms with Crippen molar-refractivity contribution in [2.45, 2.75) is 20.3 Å². The van der Waals surface area contributed by atoms with Gasteiger partial charge in [-0.15, -0.1) is 0 Å². The number of aromatic nitrogens is 4. The van der Waals surface area contributed by atoms with Gasteiger partial charge >= 0.3 is 5.69 Å². The minimum Gasteiger partial charge on any atom is -0.495 e. The molecule has 1 aliphatic rings. The highest BCUT2D eigenvalue weighted by Crippen LogP contribution is 2.27. The summed E-state index contributed by atoms with van der Waals surface area (Å²) in [4.78, 5) is 42.7. The lowest BCUT2D eigenvalue weighted by molar-refractivity contribution is 0.312. The third kappa shape index (κ3) is 4.67. The Kier molecular flexibility index (Phi) is 6.66. The van der Waals surface area contributed by atoms with Gasteiger partial charge in [-0.05, 0) is 55.8 Å². The lowest BCUT2D eigenvalue weighted by atomic mass is 10.1. The van der Waals surface area contributed by atoms with Crippen LogP contribution in [0.15, 0.2) is 52.2 Å². The van der Waals surface area contributed by atoms with Gasteiger partial charge in [0.1, 0.15) is 11.1 Å². The maximum absolute atomic E-state index is 13.4. The van der Waals surface area contributed by atoms with Gasteiger partial charge in [-0.25, -0.2) is 14.3 Å². The van der Waals surface area contributed by atoms with Gasteiger partial charge in [-0.1, -0.05) is 19.1 Å². The molecule has 0 spiro atoms. The summed E-state index contributed by atoms with van der Waals surface area (Å²) in [5, 5.41) is 3.40. The number of methoxy groups -OCH3 is 1. The van der Waals surface area contributed by atoms with Gasteiger partial charge < -0.3 is 19.9 Å². The standard InChI is InChI=1S/C27H31N7O3/c1-5-18-7-6-8-22(37-4)23(18)34-25(35)20-16-28-26(30-24(20)31-27(34)36)29-19-9-10-21(17(2)15-19)33-13-11-32(3)12-14-33/h6-10,15-16H,5,11-14H2,1-4H3,(H2,28,29,30,31,36). The van der Waals surface area contributed by atoms with Crippen molar-refractivity contribution in [2.75, 3.05) is 50.6 Å². The molecule has 1 fully saturated rings. The van der Waals surface area contributed by atoms with Gasteiger partial charge in [0, 0.05) is 43.8 Å². The molecule has 0 atom stereocenters. The van der Waals surface area contributed by atoms with Crippen molar-refractivity contribution in [1.29, 1.82) is 0 Å². The molecule has 0 bridgehead atoms. The van der Waals surface area contributed by atoms with E-state index >= 15 is 0 Å². The van der Waals surface area contributed by atoms with Crippen molar-refractivity contribution >= 4 is 28.4 Å². The van der Waals surface area contributed by atoms with Crippen molar-refractivity contribution in [3.05, 3.63) is 74.6 Å². The van der Waals surface area contributed by atoms with Crippen molar-refractivity contribution in [3.8, 4) is 11.4 Å². The molecule has 192 valence electrons. The van der Waals surface area contributed by atoms with E-state index in [0.29, 0.717) is 23.8 Å². The topological polar surface area (TPSA) is 108 Å². The summed E-state index contributed by atoms with van der Waals surface area (Å²) in [5.41, 5.74) is 3.51. The molecule has 5 rings (SSSR count). The highest BCUT2D eigenvalue weighted by molar-refractivity contribution is 5.75. The fourth-order valence-electron chi connectivity index (χ4n) is 4.80. The molecule has 0 unspecified atom stereocenters. The Morgan fingerprint density at radius 3 is 2.59 bits per heavy atom. The van der Waals surface area contributed by atoms with E-state index < -0.39 is 11.2 Å². The number of ether oxygens (including phenoxy) is 1. The van der Waals surface area contributed by atoms with Gasteiger partial charge in [0.25, 0.3) is 5.56 Å². The minimum atomic E-state index is -0.589. The van der Waals surface area contributed by atoms with Gasteiger partial charge in [0.2, 0.25) is 5.95 Å². The molecule has 1 aliphatic heterocycles. The molecule has 1 saturated heterocycles. The third-order valence-electron chi connectivity index (χ3n) is 6.85. The van der Waals surface area contributed by atoms with Crippen LogP contribution in [0, 0.1) is 6.92 Å². The summed E-state index contributed by atoms with van der Waals surface area (Å²) in [6.07, 6.45) is 2.06. The van der Waals surface area contributed by atoms with Crippen LogP contribution in [0.25, 0.3) is 16.7 Å². The Morgan fingerprint density at radius 1 is 1.11 bits per heavy atom. The number of piperazine rings is 1. The van der Waals surface area contributed by atoms with Crippen LogP contribution in [0.4, 0.5) is 17.3 Å². The number of anilines is 3. The molecule has 2 aromatic heterocycles. The molecule has 0 saturated carbocycles. The predicted molar refractivity (Wildman–Crippen MR) is 146 cm³/mol. The fourth-order valence-corrected chi connectivity index (χ4v) is 4.80. The number of aromatic amines is 1. The van der Waals surface area contributed by atoms with E-state index in [2.05, 4.69) is 56.2 Å². The number of hydrogen-bond donors (Lipinski definition) is 2. The average molecular weight is 502 g/mol. The summed E-state index contributed by atoms with van der Waals surface area (Å²) in [5.74, 6) is 0.736. The Hall–Kier alpha value is -4.18. The monoisotopic (exact) mass is 501 g/mol. The maximum Gasteiger partial charge on any atom is 0.334 e. The number of hydrogen-bond acceptors (Lipinski definition) is 8. The van der Waals surface area contributed by atoms with Crippen LogP contribution in [-0.4, -0.2) is 64.8 Å². The van der Waals surface area contributed by atoms with Gasteiger partial charge in [-0.2, -0.15) is 4.98 Å². The molecule has 0 amide bonds. The molecule has 2 aromatic carbocycles. The number of benzene rings is 2. The first-order chi connectivity index (χ1) is 17.9. The lowest BCUT2D eigenvalue weighted by Crippen LogP contribution is -2.44. The molecular formula is C27H31N7O3. The predicted octanol–water partition coefficient (Wildman–Crippen LogP) is 2.84. The zero-order chi connectivity index (χ0) is 26.1. The summed E-state index contributed by atoms with van der Waals surface area (Å²) >= 11 is 0. The number of nitrogens with zero attached hydrogens (tertiary/aromatic N) is 5. The zero-order valence-corrected chi connectivity index (χ0v) is 21.5. The Balaban J connectivity index is 1.47. The van der Waals surface area contributed by atoms with Crippen LogP contribution in [-0.2, 0) is 6.42 Å². The lowest BCUT2D eigenvalue weighted by Gasteiger charge is -2.35. The van der Waals surface area contributed by atoms with Gasteiger partial charge in [0.15, 0.2) is 5.65 Å². The summed E-state index contributed by atoms with van der Waals surface area (Å²) in [6, 6.07) is 11.6. The van der Waals surface area contributed by atoms with E-state index in [1.165, 1.54) is 19.0 Å². The number of H-pyrrole nitrogens is 1. The molecule has 3 heterocycles. The van der Waals surface area contributed by atoms with E-state index in [1.54, 1.807) is 6.07 Å². The number of fused-ring (bicyclic) bond motifs is 1. The zero-order valence-electron chi connectivity index (χ0n) is 21.5. The molecule has 10 heteroatoms. The first kappa shape index (κ1) is 24.5. The minimum absolute atomic E-state index is 0.169. The van der Waals surface area contributed by atoms with Crippen molar-refractivity contribution in [1.82, 2.24) is 24.4 Å². The number of nitrogens with one attached hydrogen (secondary N) is 2. The third-order valence-corrected chi connectivity index (χ3v) is 6.85. The Bertz CT molecular complexity index is 1550. The molecule has 0 aliphatic carbocycles. The van der Waals surface area contributed by atoms with Crippen LogP contribution < -0.4 is 26.2 Å². The van der Waals surface area contributed by atoms with Crippen LogP contribution in [0.2, 0.25) is 0 Å². The largest absolute Gasteiger partial charge is 0.495 e.